The summed E-state index contributed by atoms with van der Waals surface area (Å²) in [5.74, 6) is -1.51. The number of carbonyl (C=O) groups is 2. The largest absolute Gasteiger partial charge is 0.395 e. The Morgan fingerprint density at radius 3 is 2.65 bits per heavy atom. The number of benzene rings is 1. The van der Waals surface area contributed by atoms with Crippen molar-refractivity contribution in [3.8, 4) is 0 Å². The fraction of sp³-hybridized carbons (Fsp3) is 0.273. The minimum atomic E-state index is -0.783. The van der Waals surface area contributed by atoms with Gasteiger partial charge in [0.1, 0.15) is 0 Å². The summed E-state index contributed by atoms with van der Waals surface area (Å²) in [6.45, 7) is -0.0869. The zero-order chi connectivity index (χ0) is 12.8. The molecule has 0 unspecified atom stereocenters. The second-order valence-electron chi connectivity index (χ2n) is 3.38. The number of anilines is 1. The SMILES string of the molecule is CN(CCO)C(=O)C(=O)Nc1ccccc1Cl. The molecule has 0 bridgehead atoms. The second kappa shape index (κ2) is 6.22. The van der Waals surface area contributed by atoms with Crippen LogP contribution in [0.25, 0.3) is 0 Å². The van der Waals surface area contributed by atoms with Crippen molar-refractivity contribution >= 4 is 29.1 Å². The summed E-state index contributed by atoms with van der Waals surface area (Å²) in [6.07, 6.45) is 0. The summed E-state index contributed by atoms with van der Waals surface area (Å²) >= 11 is 5.83. The van der Waals surface area contributed by atoms with Gasteiger partial charge in [0.2, 0.25) is 0 Å². The number of likely N-dealkylation sites (N-methyl/N-ethyl adjacent to an activating group) is 1. The fourth-order valence-electron chi connectivity index (χ4n) is 1.16. The summed E-state index contributed by atoms with van der Waals surface area (Å²) in [7, 11) is 1.44. The van der Waals surface area contributed by atoms with Gasteiger partial charge in [-0.25, -0.2) is 0 Å². The van der Waals surface area contributed by atoms with E-state index >= 15 is 0 Å². The van der Waals surface area contributed by atoms with E-state index in [9.17, 15) is 9.59 Å². The van der Waals surface area contributed by atoms with Gasteiger partial charge in [-0.1, -0.05) is 23.7 Å². The minimum Gasteiger partial charge on any atom is -0.395 e. The Kier molecular flexibility index (Phi) is 4.93. The van der Waals surface area contributed by atoms with E-state index in [1.54, 1.807) is 24.3 Å². The van der Waals surface area contributed by atoms with Gasteiger partial charge in [0.05, 0.1) is 17.3 Å². The van der Waals surface area contributed by atoms with Gasteiger partial charge in [-0.15, -0.1) is 0 Å². The molecule has 0 saturated heterocycles. The third kappa shape index (κ3) is 3.72. The molecule has 5 nitrogen and oxygen atoms in total. The third-order valence-corrected chi connectivity index (χ3v) is 2.43. The van der Waals surface area contributed by atoms with Crippen LogP contribution in [-0.4, -0.2) is 42.0 Å². The molecule has 1 aromatic carbocycles. The number of rotatable bonds is 3. The van der Waals surface area contributed by atoms with Crippen LogP contribution in [0.4, 0.5) is 5.69 Å². The first-order valence-electron chi connectivity index (χ1n) is 4.98. The molecule has 0 heterocycles. The van der Waals surface area contributed by atoms with Crippen LogP contribution in [-0.2, 0) is 9.59 Å². The quantitative estimate of drug-likeness (QED) is 0.784. The maximum atomic E-state index is 11.5. The summed E-state index contributed by atoms with van der Waals surface area (Å²) in [5, 5.41) is 11.4. The summed E-state index contributed by atoms with van der Waals surface area (Å²) < 4.78 is 0. The Hall–Kier alpha value is -1.59. The van der Waals surface area contributed by atoms with Crippen LogP contribution in [0.15, 0.2) is 24.3 Å². The predicted octanol–water partition coefficient (Wildman–Crippen LogP) is 0.729. The molecule has 2 N–H and O–H groups in total. The number of aliphatic hydroxyl groups excluding tert-OH is 1. The molecule has 1 aromatic rings. The highest BCUT2D eigenvalue weighted by atomic mass is 35.5. The lowest BCUT2D eigenvalue weighted by molar-refractivity contribution is -0.142. The normalized spacial score (nSPS) is 9.82. The molecule has 0 atom stereocenters. The summed E-state index contributed by atoms with van der Waals surface area (Å²) in [6, 6.07) is 6.62. The van der Waals surface area contributed by atoms with Crippen molar-refractivity contribution in [2.45, 2.75) is 0 Å². The Bertz CT molecular complexity index is 423. The molecular weight excluding hydrogens is 244 g/mol. The topological polar surface area (TPSA) is 69.6 Å². The summed E-state index contributed by atoms with van der Waals surface area (Å²) in [4.78, 5) is 24.2. The van der Waals surface area contributed by atoms with Crippen molar-refractivity contribution in [2.24, 2.45) is 0 Å². The van der Waals surface area contributed by atoms with Crippen molar-refractivity contribution < 1.29 is 14.7 Å². The molecule has 0 spiro atoms. The Balaban J connectivity index is 2.67. The molecule has 0 radical (unpaired) electrons. The van der Waals surface area contributed by atoms with Gasteiger partial charge in [0.15, 0.2) is 0 Å². The fourth-order valence-corrected chi connectivity index (χ4v) is 1.35. The van der Waals surface area contributed by atoms with Gasteiger partial charge < -0.3 is 15.3 Å². The molecule has 0 fully saturated rings. The van der Waals surface area contributed by atoms with Crippen molar-refractivity contribution in [2.75, 3.05) is 25.5 Å². The number of nitrogens with zero attached hydrogens (tertiary/aromatic N) is 1. The number of aliphatic hydroxyl groups is 1. The smallest absolute Gasteiger partial charge is 0.313 e. The zero-order valence-corrected chi connectivity index (χ0v) is 10.1. The first-order valence-corrected chi connectivity index (χ1v) is 5.36. The van der Waals surface area contributed by atoms with Crippen molar-refractivity contribution in [3.05, 3.63) is 29.3 Å². The molecule has 17 heavy (non-hydrogen) atoms. The van der Waals surface area contributed by atoms with Gasteiger partial charge in [0, 0.05) is 13.6 Å². The lowest BCUT2D eigenvalue weighted by Gasteiger charge is -2.15. The molecule has 0 aliphatic rings. The number of hydrogen-bond acceptors (Lipinski definition) is 3. The van der Waals surface area contributed by atoms with Gasteiger partial charge in [-0.05, 0) is 12.1 Å². The van der Waals surface area contributed by atoms with E-state index in [4.69, 9.17) is 16.7 Å². The highest BCUT2D eigenvalue weighted by molar-refractivity contribution is 6.41. The van der Waals surface area contributed by atoms with E-state index in [0.717, 1.165) is 4.90 Å². The molecule has 92 valence electrons. The van der Waals surface area contributed by atoms with Crippen molar-refractivity contribution in [1.29, 1.82) is 0 Å². The van der Waals surface area contributed by atoms with E-state index in [0.29, 0.717) is 10.7 Å². The average molecular weight is 257 g/mol. The van der Waals surface area contributed by atoms with E-state index in [1.807, 2.05) is 0 Å². The van der Waals surface area contributed by atoms with Crippen molar-refractivity contribution in [3.63, 3.8) is 0 Å². The molecule has 6 heteroatoms. The predicted molar refractivity (Wildman–Crippen MR) is 64.8 cm³/mol. The number of nitrogens with one attached hydrogen (secondary N) is 1. The Morgan fingerprint density at radius 1 is 1.41 bits per heavy atom. The number of amides is 2. The van der Waals surface area contributed by atoms with Crippen LogP contribution >= 0.6 is 11.6 Å². The van der Waals surface area contributed by atoms with Crippen LogP contribution in [0, 0.1) is 0 Å². The third-order valence-electron chi connectivity index (χ3n) is 2.10. The number of carbonyl (C=O) groups excluding carboxylic acids is 2. The van der Waals surface area contributed by atoms with Crippen LogP contribution in [0.5, 0.6) is 0 Å². The number of para-hydroxylation sites is 1. The van der Waals surface area contributed by atoms with E-state index in [2.05, 4.69) is 5.32 Å². The standard InChI is InChI=1S/C11H13ClN2O3/c1-14(6-7-15)11(17)10(16)13-9-5-3-2-4-8(9)12/h2-5,15H,6-7H2,1H3,(H,13,16). The lowest BCUT2D eigenvalue weighted by Crippen LogP contribution is -2.38. The zero-order valence-electron chi connectivity index (χ0n) is 9.31. The van der Waals surface area contributed by atoms with Gasteiger partial charge in [-0.2, -0.15) is 0 Å². The van der Waals surface area contributed by atoms with E-state index < -0.39 is 11.8 Å². The molecule has 2 amide bonds. The first-order chi connectivity index (χ1) is 8.06. The minimum absolute atomic E-state index is 0.106. The average Bonchev–Trinajstić information content (AvgIpc) is 2.31. The molecule has 0 aliphatic heterocycles. The van der Waals surface area contributed by atoms with Gasteiger partial charge >= 0.3 is 11.8 Å². The molecular formula is C11H13ClN2O3. The second-order valence-corrected chi connectivity index (χ2v) is 3.79. The molecule has 0 aliphatic carbocycles. The maximum absolute atomic E-state index is 11.5. The number of halogens is 1. The Labute approximate surface area is 104 Å². The van der Waals surface area contributed by atoms with E-state index in [1.165, 1.54) is 7.05 Å². The highest BCUT2D eigenvalue weighted by Crippen LogP contribution is 2.20. The Morgan fingerprint density at radius 2 is 2.06 bits per heavy atom. The summed E-state index contributed by atoms with van der Waals surface area (Å²) in [5.41, 5.74) is 0.380. The highest BCUT2D eigenvalue weighted by Gasteiger charge is 2.18. The monoisotopic (exact) mass is 256 g/mol. The van der Waals surface area contributed by atoms with Crippen LogP contribution in [0.2, 0.25) is 5.02 Å². The van der Waals surface area contributed by atoms with Crippen LogP contribution in [0.3, 0.4) is 0 Å². The maximum Gasteiger partial charge on any atom is 0.313 e. The first kappa shape index (κ1) is 13.5. The van der Waals surface area contributed by atoms with Crippen molar-refractivity contribution in [1.82, 2.24) is 4.90 Å². The van der Waals surface area contributed by atoms with Gasteiger partial charge in [0.25, 0.3) is 0 Å². The molecule has 0 saturated carbocycles. The van der Waals surface area contributed by atoms with Crippen LogP contribution in [0.1, 0.15) is 0 Å². The molecule has 1 rings (SSSR count). The van der Waals surface area contributed by atoms with E-state index in [-0.39, 0.29) is 13.2 Å². The van der Waals surface area contributed by atoms with Gasteiger partial charge in [-0.3, -0.25) is 9.59 Å². The van der Waals surface area contributed by atoms with Crippen LogP contribution < -0.4 is 5.32 Å². The lowest BCUT2D eigenvalue weighted by atomic mass is 10.3. The number of hydrogen-bond donors (Lipinski definition) is 2. The molecule has 0 aromatic heterocycles.